The molecule has 106 valence electrons. The zero-order chi connectivity index (χ0) is 14.7. The molecule has 1 N–H and O–H groups in total. The molecule has 0 bridgehead atoms. The topological polar surface area (TPSA) is 51.0 Å². The second kappa shape index (κ2) is 6.10. The number of aromatic nitrogens is 2. The highest BCUT2D eigenvalue weighted by Crippen LogP contribution is 2.24. The summed E-state index contributed by atoms with van der Waals surface area (Å²) in [7, 11) is 0. The lowest BCUT2D eigenvalue weighted by Gasteiger charge is -2.11. The molecule has 1 aromatic heterocycles. The number of halogens is 1. The van der Waals surface area contributed by atoms with Crippen molar-refractivity contribution in [3.8, 4) is 11.5 Å². The summed E-state index contributed by atoms with van der Waals surface area (Å²) in [4.78, 5) is 0. The van der Waals surface area contributed by atoms with Gasteiger partial charge in [-0.3, -0.25) is 0 Å². The summed E-state index contributed by atoms with van der Waals surface area (Å²) >= 11 is 3.44. The SMILES string of the molecule is Cc1ccc(-c2nnco2)cc1NCc1ccc(Br)cc1. The molecule has 0 aliphatic heterocycles. The Bertz CT molecular complexity index is 724. The first-order valence-electron chi connectivity index (χ1n) is 6.58. The summed E-state index contributed by atoms with van der Waals surface area (Å²) in [5, 5.41) is 11.1. The van der Waals surface area contributed by atoms with Gasteiger partial charge in [-0.15, -0.1) is 10.2 Å². The molecule has 3 aromatic rings. The molecule has 2 aromatic carbocycles. The van der Waals surface area contributed by atoms with Crippen LogP contribution in [-0.4, -0.2) is 10.2 Å². The number of nitrogens with one attached hydrogen (secondary N) is 1. The van der Waals surface area contributed by atoms with Gasteiger partial charge in [0, 0.05) is 22.3 Å². The van der Waals surface area contributed by atoms with Crippen molar-refractivity contribution in [1.82, 2.24) is 10.2 Å². The third-order valence-electron chi connectivity index (χ3n) is 3.24. The van der Waals surface area contributed by atoms with Crippen LogP contribution < -0.4 is 5.32 Å². The Morgan fingerprint density at radius 1 is 1.14 bits per heavy atom. The number of hydrogen-bond acceptors (Lipinski definition) is 4. The van der Waals surface area contributed by atoms with E-state index in [-0.39, 0.29) is 0 Å². The summed E-state index contributed by atoms with van der Waals surface area (Å²) in [6.07, 6.45) is 1.34. The highest BCUT2D eigenvalue weighted by Gasteiger charge is 2.06. The van der Waals surface area contributed by atoms with Gasteiger partial charge in [-0.2, -0.15) is 0 Å². The minimum atomic E-state index is 0.529. The monoisotopic (exact) mass is 343 g/mol. The summed E-state index contributed by atoms with van der Waals surface area (Å²) in [6.45, 7) is 2.84. The Balaban J connectivity index is 1.78. The molecule has 0 atom stereocenters. The molecule has 5 heteroatoms. The van der Waals surface area contributed by atoms with Gasteiger partial charge in [0.05, 0.1) is 0 Å². The lowest BCUT2D eigenvalue weighted by Crippen LogP contribution is -2.01. The lowest BCUT2D eigenvalue weighted by atomic mass is 10.1. The van der Waals surface area contributed by atoms with Crippen LogP contribution in [0.5, 0.6) is 0 Å². The largest absolute Gasteiger partial charge is 0.423 e. The molecule has 1 heterocycles. The Morgan fingerprint density at radius 2 is 1.95 bits per heavy atom. The third kappa shape index (κ3) is 3.31. The fraction of sp³-hybridized carbons (Fsp3) is 0.125. The standard InChI is InChI=1S/C16H14BrN3O/c1-11-2-5-13(16-20-19-10-21-16)8-15(11)18-9-12-3-6-14(17)7-4-12/h2-8,10,18H,9H2,1H3. The number of hydrogen-bond donors (Lipinski definition) is 1. The van der Waals surface area contributed by atoms with E-state index in [2.05, 4.69) is 50.5 Å². The van der Waals surface area contributed by atoms with Crippen LogP contribution in [0.1, 0.15) is 11.1 Å². The van der Waals surface area contributed by atoms with Gasteiger partial charge in [-0.1, -0.05) is 34.1 Å². The number of aryl methyl sites for hydroxylation is 1. The molecule has 0 fully saturated rings. The Hall–Kier alpha value is -2.14. The van der Waals surface area contributed by atoms with Gasteiger partial charge >= 0.3 is 0 Å². The van der Waals surface area contributed by atoms with E-state index in [0.717, 1.165) is 22.3 Å². The van der Waals surface area contributed by atoms with Crippen LogP contribution in [0.2, 0.25) is 0 Å². The molecule has 3 rings (SSSR count). The van der Waals surface area contributed by atoms with Gasteiger partial charge < -0.3 is 9.73 Å². The number of benzene rings is 2. The number of rotatable bonds is 4. The van der Waals surface area contributed by atoms with Crippen molar-refractivity contribution >= 4 is 21.6 Å². The van der Waals surface area contributed by atoms with Crippen LogP contribution in [-0.2, 0) is 6.54 Å². The van der Waals surface area contributed by atoms with Gasteiger partial charge in [0.2, 0.25) is 12.3 Å². The maximum absolute atomic E-state index is 5.24. The van der Waals surface area contributed by atoms with E-state index in [9.17, 15) is 0 Å². The molecule has 0 saturated heterocycles. The first-order valence-corrected chi connectivity index (χ1v) is 7.37. The second-order valence-electron chi connectivity index (χ2n) is 4.75. The van der Waals surface area contributed by atoms with Crippen LogP contribution in [0.3, 0.4) is 0 Å². The van der Waals surface area contributed by atoms with Crippen molar-refractivity contribution in [1.29, 1.82) is 0 Å². The van der Waals surface area contributed by atoms with E-state index in [1.165, 1.54) is 17.5 Å². The van der Waals surface area contributed by atoms with E-state index in [1.54, 1.807) is 0 Å². The summed E-state index contributed by atoms with van der Waals surface area (Å²) in [5.74, 6) is 0.529. The maximum atomic E-state index is 5.24. The molecule has 0 unspecified atom stereocenters. The third-order valence-corrected chi connectivity index (χ3v) is 3.77. The van der Waals surface area contributed by atoms with Crippen molar-refractivity contribution in [2.45, 2.75) is 13.5 Å². The molecule has 0 amide bonds. The van der Waals surface area contributed by atoms with Crippen LogP contribution in [0.4, 0.5) is 5.69 Å². The molecule has 0 aliphatic rings. The van der Waals surface area contributed by atoms with Crippen molar-refractivity contribution < 1.29 is 4.42 Å². The van der Waals surface area contributed by atoms with E-state index < -0.39 is 0 Å². The Morgan fingerprint density at radius 3 is 2.67 bits per heavy atom. The summed E-state index contributed by atoms with van der Waals surface area (Å²) in [6, 6.07) is 14.3. The zero-order valence-electron chi connectivity index (χ0n) is 11.5. The predicted octanol–water partition coefficient (Wildman–Crippen LogP) is 4.42. The van der Waals surface area contributed by atoms with Gasteiger partial charge in [0.15, 0.2) is 0 Å². The summed E-state index contributed by atoms with van der Waals surface area (Å²) in [5.41, 5.74) is 4.38. The highest BCUT2D eigenvalue weighted by atomic mass is 79.9. The average Bonchev–Trinajstić information content (AvgIpc) is 3.02. The van der Waals surface area contributed by atoms with E-state index in [1.807, 2.05) is 30.3 Å². The molecular weight excluding hydrogens is 330 g/mol. The quantitative estimate of drug-likeness (QED) is 0.761. The zero-order valence-corrected chi connectivity index (χ0v) is 13.1. The molecule has 4 nitrogen and oxygen atoms in total. The fourth-order valence-corrected chi connectivity index (χ4v) is 2.31. The van der Waals surface area contributed by atoms with Gasteiger partial charge in [-0.05, 0) is 42.3 Å². The normalized spacial score (nSPS) is 10.6. The lowest BCUT2D eigenvalue weighted by molar-refractivity contribution is 0.568. The molecular formula is C16H14BrN3O. The van der Waals surface area contributed by atoms with E-state index in [4.69, 9.17) is 4.42 Å². The summed E-state index contributed by atoms with van der Waals surface area (Å²) < 4.78 is 6.32. The Labute approximate surface area is 131 Å². The minimum Gasteiger partial charge on any atom is -0.423 e. The van der Waals surface area contributed by atoms with Gasteiger partial charge in [-0.25, -0.2) is 0 Å². The van der Waals surface area contributed by atoms with Crippen LogP contribution in [0.25, 0.3) is 11.5 Å². The first kappa shape index (κ1) is 13.8. The molecule has 0 spiro atoms. The van der Waals surface area contributed by atoms with Crippen LogP contribution in [0.15, 0.2) is 57.7 Å². The number of nitrogens with zero attached hydrogens (tertiary/aromatic N) is 2. The highest BCUT2D eigenvalue weighted by molar-refractivity contribution is 9.10. The molecule has 0 radical (unpaired) electrons. The van der Waals surface area contributed by atoms with Crippen LogP contribution in [0, 0.1) is 6.92 Å². The maximum Gasteiger partial charge on any atom is 0.247 e. The first-order chi connectivity index (χ1) is 10.2. The van der Waals surface area contributed by atoms with Crippen molar-refractivity contribution in [2.24, 2.45) is 0 Å². The second-order valence-corrected chi connectivity index (χ2v) is 5.67. The van der Waals surface area contributed by atoms with Gasteiger partial charge in [0.25, 0.3) is 0 Å². The van der Waals surface area contributed by atoms with Crippen molar-refractivity contribution in [3.05, 3.63) is 64.5 Å². The smallest absolute Gasteiger partial charge is 0.247 e. The Kier molecular flexibility index (Phi) is 4.01. The van der Waals surface area contributed by atoms with Crippen molar-refractivity contribution in [3.63, 3.8) is 0 Å². The van der Waals surface area contributed by atoms with Crippen LogP contribution >= 0.6 is 15.9 Å². The fourth-order valence-electron chi connectivity index (χ4n) is 2.04. The molecule has 0 aliphatic carbocycles. The average molecular weight is 344 g/mol. The molecule has 21 heavy (non-hydrogen) atoms. The van der Waals surface area contributed by atoms with Gasteiger partial charge in [0.1, 0.15) is 0 Å². The predicted molar refractivity (Wildman–Crippen MR) is 85.9 cm³/mol. The molecule has 0 saturated carbocycles. The minimum absolute atomic E-state index is 0.529. The number of anilines is 1. The van der Waals surface area contributed by atoms with Crippen molar-refractivity contribution in [2.75, 3.05) is 5.32 Å². The van der Waals surface area contributed by atoms with E-state index in [0.29, 0.717) is 5.89 Å². The van der Waals surface area contributed by atoms with E-state index >= 15 is 0 Å².